The molecular formula is C23H28N2O4. The van der Waals surface area contributed by atoms with Crippen LogP contribution in [0.25, 0.3) is 0 Å². The summed E-state index contributed by atoms with van der Waals surface area (Å²) in [5.41, 5.74) is 0.654. The van der Waals surface area contributed by atoms with E-state index in [1.54, 1.807) is 11.8 Å². The Bertz CT molecular complexity index is 891. The number of nitrogens with zero attached hydrogens (tertiary/aromatic N) is 2. The fourth-order valence-electron chi connectivity index (χ4n) is 4.21. The second-order valence-corrected chi connectivity index (χ2v) is 7.76. The van der Waals surface area contributed by atoms with E-state index in [0.29, 0.717) is 18.0 Å². The van der Waals surface area contributed by atoms with Crippen LogP contribution in [0.1, 0.15) is 57.1 Å². The first-order valence-corrected chi connectivity index (χ1v) is 10.5. The maximum Gasteiger partial charge on any atom is 0.268 e. The van der Waals surface area contributed by atoms with Gasteiger partial charge in [-0.1, -0.05) is 31.9 Å². The first-order valence-electron chi connectivity index (χ1n) is 10.5. The van der Waals surface area contributed by atoms with Gasteiger partial charge in [0, 0.05) is 13.0 Å². The number of amides is 2. The molecule has 0 saturated carbocycles. The van der Waals surface area contributed by atoms with Crippen molar-refractivity contribution >= 4 is 17.5 Å². The Morgan fingerprint density at radius 2 is 1.97 bits per heavy atom. The predicted octanol–water partition coefficient (Wildman–Crippen LogP) is 4.10. The minimum absolute atomic E-state index is 0.0153. The van der Waals surface area contributed by atoms with E-state index in [1.807, 2.05) is 41.3 Å². The molecule has 4 rings (SSSR count). The number of hydrogen-bond acceptors (Lipinski definition) is 4. The van der Waals surface area contributed by atoms with Gasteiger partial charge in [0.2, 0.25) is 5.91 Å². The maximum atomic E-state index is 13.4. The zero-order chi connectivity index (χ0) is 20.4. The summed E-state index contributed by atoms with van der Waals surface area (Å²) < 4.78 is 11.7. The molecule has 2 aromatic rings. The summed E-state index contributed by atoms with van der Waals surface area (Å²) in [6.45, 7) is 4.48. The zero-order valence-electron chi connectivity index (χ0n) is 17.1. The molecule has 6 heteroatoms. The predicted molar refractivity (Wildman–Crippen MR) is 110 cm³/mol. The van der Waals surface area contributed by atoms with Crippen LogP contribution in [0.15, 0.2) is 40.8 Å². The molecule has 1 fully saturated rings. The number of likely N-dealkylation sites (tertiary alicyclic amines) is 1. The number of fused-ring (bicyclic) bond motifs is 1. The molecule has 0 aliphatic carbocycles. The Balaban J connectivity index is 1.59. The second-order valence-electron chi connectivity index (χ2n) is 7.76. The van der Waals surface area contributed by atoms with Gasteiger partial charge < -0.3 is 14.1 Å². The molecule has 2 aliphatic rings. The lowest BCUT2D eigenvalue weighted by atomic mass is 10.1. The van der Waals surface area contributed by atoms with Gasteiger partial charge >= 0.3 is 0 Å². The number of hydrogen-bond donors (Lipinski definition) is 0. The highest BCUT2D eigenvalue weighted by molar-refractivity contribution is 6.03. The van der Waals surface area contributed by atoms with Gasteiger partial charge in [-0.3, -0.25) is 14.5 Å². The Hall–Kier alpha value is -2.76. The van der Waals surface area contributed by atoms with Crippen molar-refractivity contribution in [2.45, 2.75) is 58.1 Å². The molecule has 0 bridgehead atoms. The van der Waals surface area contributed by atoms with Crippen LogP contribution >= 0.6 is 0 Å². The number of rotatable bonds is 4. The number of ether oxygens (including phenoxy) is 1. The quantitative estimate of drug-likeness (QED) is 0.781. The summed E-state index contributed by atoms with van der Waals surface area (Å²) in [7, 11) is 0. The van der Waals surface area contributed by atoms with Gasteiger partial charge in [-0.25, -0.2) is 0 Å². The van der Waals surface area contributed by atoms with Crippen LogP contribution in [0.4, 0.5) is 5.69 Å². The molecule has 3 heterocycles. The standard InChI is InChI=1S/C23H28N2O4/c1-3-17-12-13-21(29-17)18-9-5-4-8-14-24(18)22(26)15-25-19-10-6-7-11-20(19)28-16(2)23(25)27/h6-7,10-13,16,18H,3-5,8-9,14-15H2,1-2H3. The summed E-state index contributed by atoms with van der Waals surface area (Å²) in [5, 5.41) is 0. The number of anilines is 1. The lowest BCUT2D eigenvalue weighted by Gasteiger charge is -2.35. The third-order valence-electron chi connectivity index (χ3n) is 5.80. The third-order valence-corrected chi connectivity index (χ3v) is 5.80. The summed E-state index contributed by atoms with van der Waals surface area (Å²) >= 11 is 0. The molecule has 0 N–H and O–H groups in total. The lowest BCUT2D eigenvalue weighted by Crippen LogP contribution is -2.50. The molecule has 0 radical (unpaired) electrons. The first-order chi connectivity index (χ1) is 14.1. The Labute approximate surface area is 171 Å². The van der Waals surface area contributed by atoms with Gasteiger partial charge in [0.15, 0.2) is 6.10 Å². The Kier molecular flexibility index (Phi) is 5.60. The van der Waals surface area contributed by atoms with Crippen molar-refractivity contribution in [1.29, 1.82) is 0 Å². The van der Waals surface area contributed by atoms with Gasteiger partial charge in [0.05, 0.1) is 11.7 Å². The largest absolute Gasteiger partial charge is 0.479 e. The number of aryl methyl sites for hydroxylation is 1. The van der Waals surface area contributed by atoms with Crippen molar-refractivity contribution in [3.63, 3.8) is 0 Å². The lowest BCUT2D eigenvalue weighted by molar-refractivity contribution is -0.135. The van der Waals surface area contributed by atoms with Crippen molar-refractivity contribution in [2.75, 3.05) is 18.0 Å². The molecule has 2 atom stereocenters. The number of carbonyl (C=O) groups excluding carboxylic acids is 2. The smallest absolute Gasteiger partial charge is 0.268 e. The fourth-order valence-corrected chi connectivity index (χ4v) is 4.21. The molecule has 1 aromatic heterocycles. The van der Waals surface area contributed by atoms with E-state index >= 15 is 0 Å². The monoisotopic (exact) mass is 396 g/mol. The van der Waals surface area contributed by atoms with E-state index in [0.717, 1.165) is 43.6 Å². The minimum Gasteiger partial charge on any atom is -0.479 e. The molecule has 1 saturated heterocycles. The Morgan fingerprint density at radius 1 is 1.14 bits per heavy atom. The van der Waals surface area contributed by atoms with E-state index in [1.165, 1.54) is 0 Å². The summed E-state index contributed by atoms with van der Waals surface area (Å²) in [5.74, 6) is 2.18. The molecule has 2 unspecified atom stereocenters. The van der Waals surface area contributed by atoms with Crippen LogP contribution in [-0.2, 0) is 16.0 Å². The number of benzene rings is 1. The van der Waals surface area contributed by atoms with E-state index in [9.17, 15) is 9.59 Å². The van der Waals surface area contributed by atoms with E-state index in [-0.39, 0.29) is 24.4 Å². The number of carbonyl (C=O) groups is 2. The highest BCUT2D eigenvalue weighted by Gasteiger charge is 2.35. The number of para-hydroxylation sites is 2. The van der Waals surface area contributed by atoms with Gasteiger partial charge in [-0.05, 0) is 44.0 Å². The Morgan fingerprint density at radius 3 is 2.76 bits per heavy atom. The minimum atomic E-state index is -0.602. The second kappa shape index (κ2) is 8.31. The van der Waals surface area contributed by atoms with Crippen LogP contribution in [0.2, 0.25) is 0 Å². The van der Waals surface area contributed by atoms with E-state index in [2.05, 4.69) is 6.92 Å². The van der Waals surface area contributed by atoms with Crippen molar-refractivity contribution in [3.05, 3.63) is 47.9 Å². The normalized spacial score (nSPS) is 22.1. The van der Waals surface area contributed by atoms with Crippen molar-refractivity contribution in [2.24, 2.45) is 0 Å². The molecule has 6 nitrogen and oxygen atoms in total. The first kappa shape index (κ1) is 19.6. The maximum absolute atomic E-state index is 13.4. The summed E-state index contributed by atoms with van der Waals surface area (Å²) in [4.78, 5) is 29.6. The van der Waals surface area contributed by atoms with Crippen molar-refractivity contribution in [1.82, 2.24) is 4.90 Å². The van der Waals surface area contributed by atoms with Gasteiger partial charge in [-0.15, -0.1) is 0 Å². The average Bonchev–Trinajstić information content (AvgIpc) is 3.07. The van der Waals surface area contributed by atoms with Crippen LogP contribution < -0.4 is 9.64 Å². The zero-order valence-corrected chi connectivity index (χ0v) is 17.1. The highest BCUT2D eigenvalue weighted by Crippen LogP contribution is 2.35. The highest BCUT2D eigenvalue weighted by atomic mass is 16.5. The van der Waals surface area contributed by atoms with E-state index in [4.69, 9.17) is 9.15 Å². The molecular weight excluding hydrogens is 368 g/mol. The van der Waals surface area contributed by atoms with Crippen LogP contribution in [0.5, 0.6) is 5.75 Å². The van der Waals surface area contributed by atoms with Gasteiger partial charge in [0.1, 0.15) is 23.8 Å². The summed E-state index contributed by atoms with van der Waals surface area (Å²) in [6.07, 6.45) is 4.23. The topological polar surface area (TPSA) is 63.0 Å². The molecule has 2 amide bonds. The summed E-state index contributed by atoms with van der Waals surface area (Å²) in [6, 6.07) is 11.3. The van der Waals surface area contributed by atoms with E-state index < -0.39 is 6.10 Å². The molecule has 29 heavy (non-hydrogen) atoms. The van der Waals surface area contributed by atoms with Crippen molar-refractivity contribution in [3.8, 4) is 5.75 Å². The van der Waals surface area contributed by atoms with Crippen molar-refractivity contribution < 1.29 is 18.7 Å². The SMILES string of the molecule is CCc1ccc(C2CCCCCN2C(=O)CN2C(=O)C(C)Oc3ccccc32)o1. The molecule has 1 aromatic carbocycles. The molecule has 2 aliphatic heterocycles. The average molecular weight is 396 g/mol. The molecule has 0 spiro atoms. The third kappa shape index (κ3) is 3.88. The molecule has 154 valence electrons. The van der Waals surface area contributed by atoms with Crippen LogP contribution in [-0.4, -0.2) is 35.9 Å². The number of furan rings is 1. The van der Waals surface area contributed by atoms with Gasteiger partial charge in [-0.2, -0.15) is 0 Å². The van der Waals surface area contributed by atoms with Crippen LogP contribution in [0.3, 0.4) is 0 Å². The van der Waals surface area contributed by atoms with Gasteiger partial charge in [0.25, 0.3) is 5.91 Å². The fraction of sp³-hybridized carbons (Fsp3) is 0.478. The van der Waals surface area contributed by atoms with Crippen LogP contribution in [0, 0.1) is 0 Å².